The molecule has 1 aromatic carbocycles. The second kappa shape index (κ2) is 6.05. The molecule has 0 unspecified atom stereocenters. The van der Waals surface area contributed by atoms with Gasteiger partial charge in [-0.2, -0.15) is 0 Å². The van der Waals surface area contributed by atoms with Crippen LogP contribution >= 0.6 is 23.2 Å². The Kier molecular flexibility index (Phi) is 5.02. The summed E-state index contributed by atoms with van der Waals surface area (Å²) in [5.41, 5.74) is 6.19. The van der Waals surface area contributed by atoms with Crippen molar-refractivity contribution in [1.82, 2.24) is 0 Å². The molecular formula is C10H13Cl2NO2. The molecule has 5 heteroatoms. The smallest absolute Gasteiger partial charge is 0.143 e. The topological polar surface area (TPSA) is 44.5 Å². The molecule has 0 radical (unpaired) electrons. The van der Waals surface area contributed by atoms with Crippen molar-refractivity contribution < 1.29 is 9.47 Å². The normalized spacial score (nSPS) is 10.3. The standard InChI is InChI=1S/C10H13Cl2NO2/c1-14-3-2-4-15-10-6-8(12)7(11)5-9(10)13/h5-6H,2-4,13H2,1H3. The molecule has 0 spiro atoms. The first-order chi connectivity index (χ1) is 7.15. The van der Waals surface area contributed by atoms with Crippen molar-refractivity contribution in [2.75, 3.05) is 26.1 Å². The van der Waals surface area contributed by atoms with Crippen LogP contribution in [0.2, 0.25) is 10.0 Å². The summed E-state index contributed by atoms with van der Waals surface area (Å²) < 4.78 is 10.3. The first kappa shape index (κ1) is 12.4. The van der Waals surface area contributed by atoms with E-state index in [0.29, 0.717) is 34.7 Å². The molecule has 0 aromatic heterocycles. The number of hydrogen-bond acceptors (Lipinski definition) is 3. The van der Waals surface area contributed by atoms with Crippen LogP contribution in [-0.4, -0.2) is 20.3 Å². The molecule has 3 nitrogen and oxygen atoms in total. The van der Waals surface area contributed by atoms with Gasteiger partial charge in [-0.05, 0) is 6.07 Å². The molecule has 0 aliphatic rings. The molecule has 84 valence electrons. The van der Waals surface area contributed by atoms with Crippen LogP contribution in [0.4, 0.5) is 5.69 Å². The second-order valence-electron chi connectivity index (χ2n) is 3.00. The number of benzene rings is 1. The number of ether oxygens (including phenoxy) is 2. The van der Waals surface area contributed by atoms with Gasteiger partial charge < -0.3 is 15.2 Å². The third kappa shape index (κ3) is 3.78. The van der Waals surface area contributed by atoms with Crippen LogP contribution in [0.15, 0.2) is 12.1 Å². The summed E-state index contributed by atoms with van der Waals surface area (Å²) in [6.45, 7) is 1.19. The fraction of sp³-hybridized carbons (Fsp3) is 0.400. The van der Waals surface area contributed by atoms with Crippen LogP contribution in [-0.2, 0) is 4.74 Å². The Morgan fingerprint density at radius 3 is 2.53 bits per heavy atom. The molecule has 0 heterocycles. The van der Waals surface area contributed by atoms with Crippen molar-refractivity contribution in [3.63, 3.8) is 0 Å². The lowest BCUT2D eigenvalue weighted by atomic mass is 10.3. The van der Waals surface area contributed by atoms with E-state index in [1.165, 1.54) is 0 Å². The Balaban J connectivity index is 2.57. The van der Waals surface area contributed by atoms with Crippen molar-refractivity contribution in [3.05, 3.63) is 22.2 Å². The molecule has 1 aromatic rings. The monoisotopic (exact) mass is 249 g/mol. The average Bonchev–Trinajstić information content (AvgIpc) is 2.20. The van der Waals surface area contributed by atoms with E-state index in [1.54, 1.807) is 19.2 Å². The third-order valence-electron chi connectivity index (χ3n) is 1.80. The Morgan fingerprint density at radius 2 is 1.87 bits per heavy atom. The number of nitrogens with two attached hydrogens (primary N) is 1. The average molecular weight is 250 g/mol. The maximum Gasteiger partial charge on any atom is 0.143 e. The highest BCUT2D eigenvalue weighted by Gasteiger charge is 2.05. The largest absolute Gasteiger partial charge is 0.491 e. The number of halogens is 2. The van der Waals surface area contributed by atoms with Crippen molar-refractivity contribution in [2.45, 2.75) is 6.42 Å². The molecular weight excluding hydrogens is 237 g/mol. The fourth-order valence-electron chi connectivity index (χ4n) is 1.05. The highest BCUT2D eigenvalue weighted by atomic mass is 35.5. The van der Waals surface area contributed by atoms with Gasteiger partial charge in [0, 0.05) is 26.2 Å². The Morgan fingerprint density at radius 1 is 1.20 bits per heavy atom. The molecule has 0 fully saturated rings. The summed E-state index contributed by atoms with van der Waals surface area (Å²) in [5, 5.41) is 0.867. The lowest BCUT2D eigenvalue weighted by Gasteiger charge is -2.09. The molecule has 0 amide bonds. The Hall–Kier alpha value is -0.640. The van der Waals surface area contributed by atoms with Gasteiger partial charge in [-0.15, -0.1) is 0 Å². The summed E-state index contributed by atoms with van der Waals surface area (Å²) >= 11 is 11.6. The minimum absolute atomic E-state index is 0.429. The Bertz CT molecular complexity index is 331. The van der Waals surface area contributed by atoms with Crippen LogP contribution in [0.25, 0.3) is 0 Å². The predicted octanol–water partition coefficient (Wildman–Crippen LogP) is 2.99. The summed E-state index contributed by atoms with van der Waals surface area (Å²) in [6.07, 6.45) is 0.802. The van der Waals surface area contributed by atoms with Crippen molar-refractivity contribution in [2.24, 2.45) is 0 Å². The number of anilines is 1. The van der Waals surface area contributed by atoms with E-state index in [0.717, 1.165) is 6.42 Å². The number of rotatable bonds is 5. The van der Waals surface area contributed by atoms with Gasteiger partial charge in [0.05, 0.1) is 22.3 Å². The van der Waals surface area contributed by atoms with Gasteiger partial charge in [-0.3, -0.25) is 0 Å². The van der Waals surface area contributed by atoms with Gasteiger partial charge in [-0.25, -0.2) is 0 Å². The lowest BCUT2D eigenvalue weighted by Crippen LogP contribution is -2.03. The van der Waals surface area contributed by atoms with E-state index in [2.05, 4.69) is 0 Å². The zero-order chi connectivity index (χ0) is 11.3. The third-order valence-corrected chi connectivity index (χ3v) is 2.53. The van der Waals surface area contributed by atoms with E-state index in [4.69, 9.17) is 38.4 Å². The zero-order valence-corrected chi connectivity index (χ0v) is 9.94. The van der Waals surface area contributed by atoms with E-state index < -0.39 is 0 Å². The molecule has 2 N–H and O–H groups in total. The highest BCUT2D eigenvalue weighted by molar-refractivity contribution is 6.42. The fourth-order valence-corrected chi connectivity index (χ4v) is 1.38. The maximum atomic E-state index is 5.83. The van der Waals surface area contributed by atoms with Crippen molar-refractivity contribution in [3.8, 4) is 5.75 Å². The van der Waals surface area contributed by atoms with Crippen molar-refractivity contribution in [1.29, 1.82) is 0 Å². The van der Waals surface area contributed by atoms with Gasteiger partial charge in [0.25, 0.3) is 0 Å². The summed E-state index contributed by atoms with van der Waals surface area (Å²) in [6, 6.07) is 3.20. The van der Waals surface area contributed by atoms with E-state index in [-0.39, 0.29) is 0 Å². The van der Waals surface area contributed by atoms with Crippen LogP contribution in [0.3, 0.4) is 0 Å². The molecule has 0 bridgehead atoms. The van der Waals surface area contributed by atoms with Crippen LogP contribution < -0.4 is 10.5 Å². The van der Waals surface area contributed by atoms with E-state index in [1.807, 2.05) is 0 Å². The minimum Gasteiger partial charge on any atom is -0.491 e. The summed E-state index contributed by atoms with van der Waals surface area (Å²) in [4.78, 5) is 0. The number of methoxy groups -OCH3 is 1. The first-order valence-electron chi connectivity index (χ1n) is 4.51. The van der Waals surface area contributed by atoms with Gasteiger partial charge in [0.2, 0.25) is 0 Å². The number of hydrogen-bond donors (Lipinski definition) is 1. The van der Waals surface area contributed by atoms with E-state index >= 15 is 0 Å². The molecule has 0 atom stereocenters. The summed E-state index contributed by atoms with van der Waals surface area (Å²) in [5.74, 6) is 0.556. The summed E-state index contributed by atoms with van der Waals surface area (Å²) in [7, 11) is 1.65. The van der Waals surface area contributed by atoms with Crippen LogP contribution in [0.5, 0.6) is 5.75 Å². The van der Waals surface area contributed by atoms with Gasteiger partial charge >= 0.3 is 0 Å². The molecule has 15 heavy (non-hydrogen) atoms. The molecule has 0 aliphatic carbocycles. The molecule has 0 saturated carbocycles. The predicted molar refractivity (Wildman–Crippen MR) is 62.9 cm³/mol. The highest BCUT2D eigenvalue weighted by Crippen LogP contribution is 2.32. The first-order valence-corrected chi connectivity index (χ1v) is 5.27. The SMILES string of the molecule is COCCCOc1cc(Cl)c(Cl)cc1N. The maximum absolute atomic E-state index is 5.83. The minimum atomic E-state index is 0.429. The molecule has 0 aliphatic heterocycles. The zero-order valence-electron chi connectivity index (χ0n) is 8.43. The van der Waals surface area contributed by atoms with Crippen LogP contribution in [0, 0.1) is 0 Å². The van der Waals surface area contributed by atoms with Crippen molar-refractivity contribution >= 4 is 28.9 Å². The lowest BCUT2D eigenvalue weighted by molar-refractivity contribution is 0.172. The van der Waals surface area contributed by atoms with Crippen LogP contribution in [0.1, 0.15) is 6.42 Å². The quantitative estimate of drug-likeness (QED) is 0.645. The molecule has 1 rings (SSSR count). The Labute approximate surface area is 99.1 Å². The van der Waals surface area contributed by atoms with E-state index in [9.17, 15) is 0 Å². The number of nitrogen functional groups attached to an aromatic ring is 1. The van der Waals surface area contributed by atoms with Gasteiger partial charge in [-0.1, -0.05) is 23.2 Å². The second-order valence-corrected chi connectivity index (χ2v) is 3.81. The van der Waals surface area contributed by atoms with Gasteiger partial charge in [0.15, 0.2) is 0 Å². The van der Waals surface area contributed by atoms with Gasteiger partial charge in [0.1, 0.15) is 5.75 Å². The molecule has 0 saturated heterocycles.